The molecule has 3 heterocycles. The van der Waals surface area contributed by atoms with E-state index in [1.807, 2.05) is 11.3 Å². The summed E-state index contributed by atoms with van der Waals surface area (Å²) in [7, 11) is 2.17. The minimum atomic E-state index is 1.21. The normalized spacial score (nSPS) is 12.3. The van der Waals surface area contributed by atoms with Crippen molar-refractivity contribution in [3.05, 3.63) is 103 Å². The fourth-order valence-corrected chi connectivity index (χ4v) is 6.98. The van der Waals surface area contributed by atoms with Crippen molar-refractivity contribution in [1.29, 1.82) is 0 Å². The highest BCUT2D eigenvalue weighted by atomic mass is 32.1. The molecule has 0 spiro atoms. The molecule has 0 fully saturated rings. The van der Waals surface area contributed by atoms with Gasteiger partial charge in [-0.3, -0.25) is 0 Å². The van der Waals surface area contributed by atoms with Gasteiger partial charge in [-0.05, 0) is 42.5 Å². The van der Waals surface area contributed by atoms with Crippen molar-refractivity contribution in [2.75, 3.05) is 0 Å². The molecule has 3 aromatic heterocycles. The summed E-state index contributed by atoms with van der Waals surface area (Å²) >= 11 is 1.87. The molecule has 34 heavy (non-hydrogen) atoms. The second-order valence-corrected chi connectivity index (χ2v) is 10.1. The maximum Gasteiger partial charge on any atom is 0.0548 e. The van der Waals surface area contributed by atoms with Crippen LogP contribution in [0.4, 0.5) is 0 Å². The Hall–Kier alpha value is -4.08. The molecular formula is C31H20N2S. The summed E-state index contributed by atoms with van der Waals surface area (Å²) in [6.45, 7) is 0. The van der Waals surface area contributed by atoms with Gasteiger partial charge < -0.3 is 9.13 Å². The lowest BCUT2D eigenvalue weighted by Gasteiger charge is -2.08. The summed E-state index contributed by atoms with van der Waals surface area (Å²) in [5.41, 5.74) is 6.26. The first-order valence-corrected chi connectivity index (χ1v) is 12.4. The molecule has 0 aliphatic carbocycles. The van der Waals surface area contributed by atoms with Crippen LogP contribution in [0.2, 0.25) is 0 Å². The average molecular weight is 453 g/mol. The Morgan fingerprint density at radius 1 is 0.500 bits per heavy atom. The lowest BCUT2D eigenvalue weighted by atomic mass is 10.1. The van der Waals surface area contributed by atoms with Crippen LogP contribution in [0.5, 0.6) is 0 Å². The third-order valence-electron chi connectivity index (χ3n) is 7.33. The Balaban J connectivity index is 1.54. The van der Waals surface area contributed by atoms with Crippen LogP contribution in [0.15, 0.2) is 103 Å². The van der Waals surface area contributed by atoms with Gasteiger partial charge in [0.2, 0.25) is 0 Å². The molecule has 0 unspecified atom stereocenters. The van der Waals surface area contributed by atoms with E-state index in [1.165, 1.54) is 69.5 Å². The fraction of sp³-hybridized carbons (Fsp3) is 0.0323. The van der Waals surface area contributed by atoms with Gasteiger partial charge in [0.1, 0.15) is 0 Å². The third-order valence-corrected chi connectivity index (χ3v) is 8.47. The minimum Gasteiger partial charge on any atom is -0.344 e. The second kappa shape index (κ2) is 6.49. The first kappa shape index (κ1) is 18.4. The number of aromatic nitrogens is 2. The van der Waals surface area contributed by atoms with E-state index in [0.29, 0.717) is 0 Å². The molecule has 0 N–H and O–H groups in total. The van der Waals surface area contributed by atoms with Crippen LogP contribution in [0.1, 0.15) is 0 Å². The molecule has 0 amide bonds. The van der Waals surface area contributed by atoms with Crippen molar-refractivity contribution < 1.29 is 0 Å². The third kappa shape index (κ3) is 2.25. The van der Waals surface area contributed by atoms with Gasteiger partial charge in [0.15, 0.2) is 0 Å². The highest BCUT2D eigenvalue weighted by Gasteiger charge is 2.19. The van der Waals surface area contributed by atoms with Gasteiger partial charge in [-0.25, -0.2) is 0 Å². The summed E-state index contributed by atoms with van der Waals surface area (Å²) in [5, 5.41) is 7.97. The summed E-state index contributed by atoms with van der Waals surface area (Å²) < 4.78 is 7.43. The molecule has 160 valence electrons. The van der Waals surface area contributed by atoms with Crippen molar-refractivity contribution in [3.63, 3.8) is 0 Å². The Morgan fingerprint density at radius 3 is 1.97 bits per heavy atom. The summed E-state index contributed by atoms with van der Waals surface area (Å²) in [4.78, 5) is 0. The smallest absolute Gasteiger partial charge is 0.0548 e. The average Bonchev–Trinajstić information content (AvgIpc) is 3.51. The standard InChI is InChI=1S/C31H20N2S/c1-32-24-11-5-2-9-22(24)30-26(32)16-17-27-31(30)23-10-3-6-12-25(23)33(27)19-14-15-21-20-8-4-7-13-28(20)34-29(21)18-19/h2-18H,1H3. The molecule has 8 aromatic rings. The van der Waals surface area contributed by atoms with Gasteiger partial charge in [0.25, 0.3) is 0 Å². The molecule has 0 atom stereocenters. The van der Waals surface area contributed by atoms with Crippen molar-refractivity contribution in [1.82, 2.24) is 9.13 Å². The summed E-state index contributed by atoms with van der Waals surface area (Å²) in [6.07, 6.45) is 0. The second-order valence-electron chi connectivity index (χ2n) is 9.06. The molecule has 0 aliphatic heterocycles. The van der Waals surface area contributed by atoms with E-state index in [1.54, 1.807) is 0 Å². The molecule has 0 radical (unpaired) electrons. The number of hydrogen-bond acceptors (Lipinski definition) is 1. The van der Waals surface area contributed by atoms with Crippen molar-refractivity contribution in [3.8, 4) is 5.69 Å². The SMILES string of the molecule is Cn1c2ccccc2c2c3c4ccccc4n(-c4ccc5c(c4)sc4ccccc45)c3ccc21. The van der Waals surface area contributed by atoms with Gasteiger partial charge in [0.05, 0.1) is 11.0 Å². The molecule has 8 rings (SSSR count). The first-order chi connectivity index (χ1) is 16.8. The zero-order valence-electron chi connectivity index (χ0n) is 18.6. The van der Waals surface area contributed by atoms with Crippen LogP contribution < -0.4 is 0 Å². The van der Waals surface area contributed by atoms with E-state index in [2.05, 4.69) is 119 Å². The molecule has 3 heteroatoms. The van der Waals surface area contributed by atoms with E-state index in [9.17, 15) is 0 Å². The molecule has 5 aromatic carbocycles. The van der Waals surface area contributed by atoms with Crippen LogP contribution in [-0.4, -0.2) is 9.13 Å². The molecule has 2 nitrogen and oxygen atoms in total. The molecular weight excluding hydrogens is 432 g/mol. The predicted octanol–water partition coefficient (Wildman–Crippen LogP) is 8.80. The fourth-order valence-electron chi connectivity index (χ4n) is 5.84. The number of benzene rings is 5. The Labute approximate surface area is 199 Å². The lowest BCUT2D eigenvalue weighted by molar-refractivity contribution is 1.01. The van der Waals surface area contributed by atoms with Crippen LogP contribution in [0.3, 0.4) is 0 Å². The Kier molecular flexibility index (Phi) is 3.51. The van der Waals surface area contributed by atoms with Gasteiger partial charge in [-0.2, -0.15) is 0 Å². The largest absolute Gasteiger partial charge is 0.344 e. The van der Waals surface area contributed by atoms with E-state index >= 15 is 0 Å². The van der Waals surface area contributed by atoms with Crippen LogP contribution in [-0.2, 0) is 7.05 Å². The maximum absolute atomic E-state index is 2.44. The van der Waals surface area contributed by atoms with E-state index in [-0.39, 0.29) is 0 Å². The van der Waals surface area contributed by atoms with Crippen LogP contribution in [0, 0.1) is 0 Å². The summed E-state index contributed by atoms with van der Waals surface area (Å²) in [6, 6.07) is 37.8. The van der Waals surface area contributed by atoms with Crippen molar-refractivity contribution in [2.45, 2.75) is 0 Å². The number of aryl methyl sites for hydroxylation is 1. The maximum atomic E-state index is 2.44. The lowest BCUT2D eigenvalue weighted by Crippen LogP contribution is -1.93. The number of nitrogens with zero attached hydrogens (tertiary/aromatic N) is 2. The number of hydrogen-bond donors (Lipinski definition) is 0. The zero-order chi connectivity index (χ0) is 22.4. The van der Waals surface area contributed by atoms with Crippen molar-refractivity contribution >= 4 is 75.1 Å². The number of fused-ring (bicyclic) bond motifs is 10. The van der Waals surface area contributed by atoms with Gasteiger partial charge in [0, 0.05) is 65.5 Å². The number of thiophene rings is 1. The topological polar surface area (TPSA) is 9.86 Å². The van der Waals surface area contributed by atoms with Crippen molar-refractivity contribution in [2.24, 2.45) is 7.05 Å². The van der Waals surface area contributed by atoms with E-state index in [0.717, 1.165) is 0 Å². The van der Waals surface area contributed by atoms with E-state index < -0.39 is 0 Å². The van der Waals surface area contributed by atoms with Crippen LogP contribution >= 0.6 is 11.3 Å². The monoisotopic (exact) mass is 452 g/mol. The van der Waals surface area contributed by atoms with E-state index in [4.69, 9.17) is 0 Å². The Bertz CT molecular complexity index is 2080. The minimum absolute atomic E-state index is 1.21. The molecule has 0 saturated heterocycles. The van der Waals surface area contributed by atoms with Crippen LogP contribution in [0.25, 0.3) is 69.5 Å². The van der Waals surface area contributed by atoms with Gasteiger partial charge in [-0.15, -0.1) is 11.3 Å². The molecule has 0 aliphatic rings. The van der Waals surface area contributed by atoms with Gasteiger partial charge in [-0.1, -0.05) is 60.7 Å². The van der Waals surface area contributed by atoms with Gasteiger partial charge >= 0.3 is 0 Å². The zero-order valence-corrected chi connectivity index (χ0v) is 19.4. The number of para-hydroxylation sites is 2. The Morgan fingerprint density at radius 2 is 1.12 bits per heavy atom. The first-order valence-electron chi connectivity index (χ1n) is 11.6. The number of rotatable bonds is 1. The predicted molar refractivity (Wildman–Crippen MR) is 148 cm³/mol. The highest BCUT2D eigenvalue weighted by molar-refractivity contribution is 7.25. The highest BCUT2D eigenvalue weighted by Crippen LogP contribution is 2.42. The molecule has 0 bridgehead atoms. The molecule has 0 saturated carbocycles. The summed E-state index contributed by atoms with van der Waals surface area (Å²) in [5.74, 6) is 0. The quantitative estimate of drug-likeness (QED) is 0.235.